The van der Waals surface area contributed by atoms with Gasteiger partial charge < -0.3 is 15.4 Å². The van der Waals surface area contributed by atoms with E-state index in [-0.39, 0.29) is 0 Å². The van der Waals surface area contributed by atoms with Crippen molar-refractivity contribution in [3.63, 3.8) is 0 Å². The Balaban J connectivity index is 1.58. The molecule has 1 fully saturated rings. The molecule has 3 nitrogen and oxygen atoms in total. The van der Waals surface area contributed by atoms with Crippen LogP contribution >= 0.6 is 0 Å². The zero-order valence-corrected chi connectivity index (χ0v) is 11.7. The average Bonchev–Trinajstić information content (AvgIpc) is 2.44. The van der Waals surface area contributed by atoms with Gasteiger partial charge in [-0.1, -0.05) is 0 Å². The third-order valence-electron chi connectivity index (χ3n) is 3.66. The third kappa shape index (κ3) is 4.72. The van der Waals surface area contributed by atoms with Crippen LogP contribution in [0.4, 0.5) is 8.78 Å². The quantitative estimate of drug-likeness (QED) is 0.816. The number of rotatable bonds is 6. The van der Waals surface area contributed by atoms with Crippen molar-refractivity contribution in [1.82, 2.24) is 4.90 Å². The number of halogens is 2. The molecule has 1 aliphatic rings. The number of ether oxygens (including phenoxy) is 1. The van der Waals surface area contributed by atoms with Crippen LogP contribution in [0.1, 0.15) is 25.7 Å². The minimum atomic E-state index is -0.868. The highest BCUT2D eigenvalue weighted by Gasteiger charge is 2.14. The molecule has 0 saturated carbocycles. The van der Waals surface area contributed by atoms with Gasteiger partial charge in [0, 0.05) is 12.1 Å². The fourth-order valence-electron chi connectivity index (χ4n) is 2.37. The van der Waals surface area contributed by atoms with Gasteiger partial charge in [0.1, 0.15) is 5.75 Å². The number of nitrogens with zero attached hydrogens (tertiary/aromatic N) is 1. The van der Waals surface area contributed by atoms with Gasteiger partial charge in [0.15, 0.2) is 11.6 Å². The van der Waals surface area contributed by atoms with Crippen LogP contribution in [0.2, 0.25) is 0 Å². The third-order valence-corrected chi connectivity index (χ3v) is 3.66. The van der Waals surface area contributed by atoms with E-state index in [4.69, 9.17) is 10.5 Å². The van der Waals surface area contributed by atoms with E-state index < -0.39 is 11.6 Å². The molecule has 0 amide bonds. The van der Waals surface area contributed by atoms with E-state index >= 15 is 0 Å². The van der Waals surface area contributed by atoms with Crippen LogP contribution in [0, 0.1) is 11.6 Å². The summed E-state index contributed by atoms with van der Waals surface area (Å²) < 4.78 is 31.1. The van der Waals surface area contributed by atoms with E-state index in [0.29, 0.717) is 18.4 Å². The van der Waals surface area contributed by atoms with E-state index in [2.05, 4.69) is 4.90 Å². The molecule has 5 heteroatoms. The molecular formula is C15H22F2N2O. The first kappa shape index (κ1) is 15.2. The number of likely N-dealkylation sites (tertiary alicyclic amines) is 1. The molecular weight excluding hydrogens is 262 g/mol. The van der Waals surface area contributed by atoms with E-state index in [9.17, 15) is 8.78 Å². The smallest absolute Gasteiger partial charge is 0.162 e. The lowest BCUT2D eigenvalue weighted by molar-refractivity contribution is 0.203. The molecule has 0 unspecified atom stereocenters. The second kappa shape index (κ2) is 7.55. The Kier molecular flexibility index (Phi) is 5.73. The first-order valence-corrected chi connectivity index (χ1v) is 7.21. The molecule has 20 heavy (non-hydrogen) atoms. The largest absolute Gasteiger partial charge is 0.493 e. The number of hydrogen-bond acceptors (Lipinski definition) is 3. The molecule has 1 aromatic rings. The summed E-state index contributed by atoms with van der Waals surface area (Å²) in [7, 11) is 0. The van der Waals surface area contributed by atoms with Crippen LogP contribution in [0.3, 0.4) is 0 Å². The molecule has 0 radical (unpaired) electrons. The predicted octanol–water partition coefficient (Wildman–Crippen LogP) is 2.55. The Labute approximate surface area is 118 Å². The fraction of sp³-hybridized carbons (Fsp3) is 0.600. The van der Waals surface area contributed by atoms with Gasteiger partial charge in [-0.2, -0.15) is 0 Å². The standard InChI is InChI=1S/C15H22F2N2O/c16-14-4-3-13(11-15(14)17)20-10-2-1-7-19-8-5-12(18)6-9-19/h3-4,11-12H,1-2,5-10,18H2. The van der Waals surface area contributed by atoms with Crippen molar-refractivity contribution < 1.29 is 13.5 Å². The molecule has 2 N–H and O–H groups in total. The van der Waals surface area contributed by atoms with Gasteiger partial charge in [-0.3, -0.25) is 0 Å². The SMILES string of the molecule is NC1CCN(CCCCOc2ccc(F)c(F)c2)CC1. The van der Waals surface area contributed by atoms with E-state index in [0.717, 1.165) is 57.5 Å². The molecule has 1 saturated heterocycles. The van der Waals surface area contributed by atoms with Crippen molar-refractivity contribution in [3.8, 4) is 5.75 Å². The van der Waals surface area contributed by atoms with Gasteiger partial charge >= 0.3 is 0 Å². The zero-order valence-electron chi connectivity index (χ0n) is 11.7. The lowest BCUT2D eigenvalue weighted by Gasteiger charge is -2.29. The maximum absolute atomic E-state index is 13.0. The Bertz CT molecular complexity index is 420. The van der Waals surface area contributed by atoms with Crippen LogP contribution in [-0.4, -0.2) is 37.2 Å². The Morgan fingerprint density at radius 3 is 2.60 bits per heavy atom. The Morgan fingerprint density at radius 1 is 1.15 bits per heavy atom. The van der Waals surface area contributed by atoms with Gasteiger partial charge in [0.2, 0.25) is 0 Å². The van der Waals surface area contributed by atoms with Crippen molar-refractivity contribution in [2.45, 2.75) is 31.7 Å². The highest BCUT2D eigenvalue weighted by molar-refractivity contribution is 5.23. The van der Waals surface area contributed by atoms with Gasteiger partial charge in [-0.25, -0.2) is 8.78 Å². The molecule has 0 atom stereocenters. The number of benzene rings is 1. The van der Waals surface area contributed by atoms with Crippen LogP contribution in [-0.2, 0) is 0 Å². The monoisotopic (exact) mass is 284 g/mol. The number of unbranched alkanes of at least 4 members (excludes halogenated alkanes) is 1. The van der Waals surface area contributed by atoms with Crippen LogP contribution in [0.15, 0.2) is 18.2 Å². The molecule has 0 aromatic heterocycles. The van der Waals surface area contributed by atoms with Crippen LogP contribution in [0.25, 0.3) is 0 Å². The summed E-state index contributed by atoms with van der Waals surface area (Å²) >= 11 is 0. The minimum Gasteiger partial charge on any atom is -0.493 e. The number of piperidine rings is 1. The zero-order chi connectivity index (χ0) is 14.4. The van der Waals surface area contributed by atoms with Gasteiger partial charge in [-0.15, -0.1) is 0 Å². The number of hydrogen-bond donors (Lipinski definition) is 1. The van der Waals surface area contributed by atoms with Crippen LogP contribution < -0.4 is 10.5 Å². The fourth-order valence-corrected chi connectivity index (χ4v) is 2.37. The molecule has 0 aliphatic carbocycles. The molecule has 1 aliphatic heterocycles. The molecule has 112 valence electrons. The van der Waals surface area contributed by atoms with Crippen LogP contribution in [0.5, 0.6) is 5.75 Å². The van der Waals surface area contributed by atoms with Crippen molar-refractivity contribution >= 4 is 0 Å². The molecule has 1 heterocycles. The van der Waals surface area contributed by atoms with E-state index in [1.54, 1.807) is 0 Å². The maximum atomic E-state index is 13.0. The number of nitrogens with two attached hydrogens (primary N) is 1. The maximum Gasteiger partial charge on any atom is 0.162 e. The minimum absolute atomic E-state index is 0.364. The Hall–Kier alpha value is -1.20. The van der Waals surface area contributed by atoms with E-state index in [1.807, 2.05) is 0 Å². The summed E-state index contributed by atoms with van der Waals surface area (Å²) in [5.41, 5.74) is 5.86. The van der Waals surface area contributed by atoms with Gasteiger partial charge in [0.05, 0.1) is 6.61 Å². The summed E-state index contributed by atoms with van der Waals surface area (Å²) in [6.45, 7) is 3.72. The van der Waals surface area contributed by atoms with Crippen molar-refractivity contribution in [2.75, 3.05) is 26.2 Å². The summed E-state index contributed by atoms with van der Waals surface area (Å²) in [4.78, 5) is 2.42. The Morgan fingerprint density at radius 2 is 1.90 bits per heavy atom. The lowest BCUT2D eigenvalue weighted by Crippen LogP contribution is -2.40. The lowest BCUT2D eigenvalue weighted by atomic mass is 10.1. The highest BCUT2D eigenvalue weighted by Crippen LogP contribution is 2.16. The average molecular weight is 284 g/mol. The first-order valence-electron chi connectivity index (χ1n) is 7.21. The summed E-state index contributed by atoms with van der Waals surface area (Å²) in [6, 6.07) is 3.98. The van der Waals surface area contributed by atoms with Crippen molar-refractivity contribution in [2.24, 2.45) is 5.73 Å². The highest BCUT2D eigenvalue weighted by atomic mass is 19.2. The first-order chi connectivity index (χ1) is 9.65. The summed E-state index contributed by atoms with van der Waals surface area (Å²) in [5, 5.41) is 0. The second-order valence-electron chi connectivity index (χ2n) is 5.31. The van der Waals surface area contributed by atoms with Crippen molar-refractivity contribution in [3.05, 3.63) is 29.8 Å². The molecule has 0 bridgehead atoms. The summed E-state index contributed by atoms with van der Waals surface area (Å²) in [6.07, 6.45) is 4.09. The molecule has 2 rings (SSSR count). The van der Waals surface area contributed by atoms with Gasteiger partial charge in [-0.05, 0) is 57.5 Å². The summed E-state index contributed by atoms with van der Waals surface area (Å²) in [5.74, 6) is -1.33. The van der Waals surface area contributed by atoms with Crippen molar-refractivity contribution in [1.29, 1.82) is 0 Å². The van der Waals surface area contributed by atoms with Gasteiger partial charge in [0.25, 0.3) is 0 Å². The molecule has 0 spiro atoms. The van der Waals surface area contributed by atoms with E-state index in [1.165, 1.54) is 6.07 Å². The molecule has 1 aromatic carbocycles. The second-order valence-corrected chi connectivity index (χ2v) is 5.31. The predicted molar refractivity (Wildman–Crippen MR) is 74.7 cm³/mol. The normalized spacial score (nSPS) is 17.4. The topological polar surface area (TPSA) is 38.5 Å².